The smallest absolute Gasteiger partial charge is 0.227 e. The molecular formula is C20H26N2O2. The van der Waals surface area contributed by atoms with Gasteiger partial charge in [-0.1, -0.05) is 12.5 Å². The third-order valence-electron chi connectivity index (χ3n) is 6.80. The van der Waals surface area contributed by atoms with E-state index in [-0.39, 0.29) is 11.8 Å². The van der Waals surface area contributed by atoms with Crippen LogP contribution in [0, 0.1) is 24.2 Å². The van der Waals surface area contributed by atoms with Crippen molar-refractivity contribution in [2.24, 2.45) is 17.3 Å². The maximum Gasteiger partial charge on any atom is 0.227 e. The number of carbonyl (C=O) groups excluding carboxylic acids is 1. The van der Waals surface area contributed by atoms with Crippen molar-refractivity contribution in [1.29, 1.82) is 0 Å². The Hall–Kier alpha value is -1.55. The molecule has 4 nitrogen and oxygen atoms in total. The largest absolute Gasteiger partial charge is 0.381 e. The fourth-order valence-corrected chi connectivity index (χ4v) is 5.07. The van der Waals surface area contributed by atoms with Crippen molar-refractivity contribution in [1.82, 2.24) is 0 Å². The first kappa shape index (κ1) is 14.8. The predicted molar refractivity (Wildman–Crippen MR) is 94.1 cm³/mol. The van der Waals surface area contributed by atoms with Gasteiger partial charge in [-0.05, 0) is 56.7 Å². The van der Waals surface area contributed by atoms with Crippen molar-refractivity contribution >= 4 is 17.3 Å². The second-order valence-electron chi connectivity index (χ2n) is 8.25. The molecule has 3 saturated carbocycles. The van der Waals surface area contributed by atoms with Gasteiger partial charge in [-0.25, -0.2) is 0 Å². The molecule has 4 fully saturated rings. The molecule has 0 unspecified atom stereocenters. The number of carbonyl (C=O) groups is 1. The summed E-state index contributed by atoms with van der Waals surface area (Å²) in [6.07, 6.45) is 7.67. The molecule has 0 aromatic heterocycles. The lowest BCUT2D eigenvalue weighted by molar-refractivity contribution is -0.158. The Bertz CT molecular complexity index is 678. The number of anilines is 2. The van der Waals surface area contributed by atoms with Crippen molar-refractivity contribution < 1.29 is 9.53 Å². The van der Waals surface area contributed by atoms with Crippen LogP contribution in [-0.2, 0) is 9.53 Å². The second-order valence-corrected chi connectivity index (χ2v) is 8.25. The van der Waals surface area contributed by atoms with Gasteiger partial charge in [-0.2, -0.15) is 0 Å². The van der Waals surface area contributed by atoms with Crippen molar-refractivity contribution in [3.8, 4) is 0 Å². The van der Waals surface area contributed by atoms with Crippen LogP contribution in [0.15, 0.2) is 18.2 Å². The molecule has 2 N–H and O–H groups in total. The summed E-state index contributed by atoms with van der Waals surface area (Å²) in [4.78, 5) is 12.0. The molecule has 0 radical (unpaired) electrons. The molecule has 3 atom stereocenters. The van der Waals surface area contributed by atoms with E-state index in [1.54, 1.807) is 0 Å². The molecule has 1 spiro atoms. The van der Waals surface area contributed by atoms with Crippen LogP contribution in [0.1, 0.15) is 44.1 Å². The van der Waals surface area contributed by atoms with Crippen molar-refractivity contribution in [2.75, 3.05) is 17.2 Å². The van der Waals surface area contributed by atoms with Gasteiger partial charge < -0.3 is 15.4 Å². The van der Waals surface area contributed by atoms with Crippen LogP contribution >= 0.6 is 0 Å². The maximum absolute atomic E-state index is 12.0. The topological polar surface area (TPSA) is 50.4 Å². The molecule has 1 aromatic rings. The van der Waals surface area contributed by atoms with Crippen LogP contribution in [0.25, 0.3) is 0 Å². The summed E-state index contributed by atoms with van der Waals surface area (Å²) in [7, 11) is 0. The lowest BCUT2D eigenvalue weighted by atomic mass is 9.46. The molecule has 4 heteroatoms. The number of rotatable bonds is 4. The van der Waals surface area contributed by atoms with Crippen LogP contribution in [0.4, 0.5) is 11.4 Å². The van der Waals surface area contributed by atoms with E-state index in [0.717, 1.165) is 25.1 Å². The van der Waals surface area contributed by atoms with Crippen LogP contribution < -0.4 is 10.6 Å². The molecule has 128 valence electrons. The number of aryl methyl sites for hydroxylation is 1. The minimum atomic E-state index is 0.174. The van der Waals surface area contributed by atoms with Gasteiger partial charge in [0.25, 0.3) is 0 Å². The minimum Gasteiger partial charge on any atom is -0.381 e. The summed E-state index contributed by atoms with van der Waals surface area (Å²) in [6.45, 7) is 3.06. The van der Waals surface area contributed by atoms with Crippen molar-refractivity contribution in [2.45, 2.75) is 57.6 Å². The van der Waals surface area contributed by atoms with Crippen molar-refractivity contribution in [3.63, 3.8) is 0 Å². The van der Waals surface area contributed by atoms with E-state index in [2.05, 4.69) is 29.7 Å². The molecule has 1 saturated heterocycles. The summed E-state index contributed by atoms with van der Waals surface area (Å²) < 4.78 is 6.02. The Morgan fingerprint density at radius 1 is 1.25 bits per heavy atom. The van der Waals surface area contributed by atoms with Gasteiger partial charge in [0.15, 0.2) is 0 Å². The summed E-state index contributed by atoms with van der Waals surface area (Å²) >= 11 is 0. The number of ether oxygens (including phenoxy) is 1. The van der Waals surface area contributed by atoms with Gasteiger partial charge in [-0.3, -0.25) is 4.79 Å². The van der Waals surface area contributed by atoms with Crippen LogP contribution in [0.3, 0.4) is 0 Å². The highest BCUT2D eigenvalue weighted by Gasteiger charge is 2.66. The predicted octanol–water partition coefficient (Wildman–Crippen LogP) is 3.71. The average molecular weight is 326 g/mol. The van der Waals surface area contributed by atoms with Crippen LogP contribution in [0.2, 0.25) is 0 Å². The Balaban J connectivity index is 1.35. The highest BCUT2D eigenvalue weighted by atomic mass is 16.5. The number of hydrogen-bond donors (Lipinski definition) is 2. The highest BCUT2D eigenvalue weighted by Crippen LogP contribution is 2.63. The van der Waals surface area contributed by atoms with Gasteiger partial charge >= 0.3 is 0 Å². The quantitative estimate of drug-likeness (QED) is 0.887. The first-order chi connectivity index (χ1) is 11.7. The van der Waals surface area contributed by atoms with Gasteiger partial charge in [0.05, 0.1) is 6.10 Å². The zero-order chi connectivity index (χ0) is 16.3. The molecular weight excluding hydrogens is 300 g/mol. The van der Waals surface area contributed by atoms with Gasteiger partial charge in [0.2, 0.25) is 5.91 Å². The Morgan fingerprint density at radius 3 is 2.79 bits per heavy atom. The fraction of sp³-hybridized carbons (Fsp3) is 0.650. The third kappa shape index (κ3) is 2.12. The zero-order valence-electron chi connectivity index (χ0n) is 14.3. The van der Waals surface area contributed by atoms with E-state index in [1.807, 2.05) is 6.07 Å². The molecule has 4 aliphatic rings. The molecule has 1 heterocycles. The van der Waals surface area contributed by atoms with E-state index in [9.17, 15) is 4.79 Å². The highest BCUT2D eigenvalue weighted by molar-refractivity contribution is 5.94. The van der Waals surface area contributed by atoms with E-state index in [1.165, 1.54) is 36.9 Å². The molecule has 1 aliphatic heterocycles. The van der Waals surface area contributed by atoms with E-state index < -0.39 is 0 Å². The zero-order valence-corrected chi connectivity index (χ0v) is 14.3. The van der Waals surface area contributed by atoms with E-state index in [4.69, 9.17) is 4.74 Å². The maximum atomic E-state index is 12.0. The summed E-state index contributed by atoms with van der Waals surface area (Å²) in [5, 5.41) is 6.91. The lowest BCUT2D eigenvalue weighted by Gasteiger charge is -2.63. The van der Waals surface area contributed by atoms with Gasteiger partial charge in [0.1, 0.15) is 0 Å². The molecule has 5 rings (SSSR count). The number of amides is 1. The second kappa shape index (κ2) is 5.22. The molecule has 1 amide bonds. The van der Waals surface area contributed by atoms with E-state index >= 15 is 0 Å². The van der Waals surface area contributed by atoms with Crippen LogP contribution in [0.5, 0.6) is 0 Å². The summed E-state index contributed by atoms with van der Waals surface area (Å²) in [5.41, 5.74) is 3.71. The third-order valence-corrected chi connectivity index (χ3v) is 6.80. The number of hydrogen-bond acceptors (Lipinski definition) is 3. The fourth-order valence-electron chi connectivity index (χ4n) is 5.07. The average Bonchev–Trinajstić information content (AvgIpc) is 3.28. The first-order valence-electron chi connectivity index (χ1n) is 9.47. The SMILES string of the molecule is Cc1ccc(NC(=O)C2CC2)cc1N[C@@H]1[C@H]2CCO[C@H]2C12CCC2. The summed E-state index contributed by atoms with van der Waals surface area (Å²) in [6, 6.07) is 6.78. The standard InChI is InChI=1S/C20H26N2O2/c1-12-3-6-14(21-19(23)13-4-5-13)11-16(12)22-17-15-7-10-24-18(15)20(17)8-2-9-20/h3,6,11,13,15,17-18,22H,2,4-5,7-10H2,1H3,(H,21,23)/t15-,17-,18-/m1/s1. The molecule has 24 heavy (non-hydrogen) atoms. The monoisotopic (exact) mass is 326 g/mol. The minimum absolute atomic E-state index is 0.174. The van der Waals surface area contributed by atoms with Gasteiger partial charge in [-0.15, -0.1) is 0 Å². The van der Waals surface area contributed by atoms with E-state index in [0.29, 0.717) is 23.5 Å². The number of nitrogens with one attached hydrogen (secondary N) is 2. The first-order valence-corrected chi connectivity index (χ1v) is 9.47. The molecule has 0 bridgehead atoms. The normalized spacial score (nSPS) is 32.6. The number of fused-ring (bicyclic) bond motifs is 2. The van der Waals surface area contributed by atoms with Crippen LogP contribution in [-0.4, -0.2) is 24.7 Å². The lowest BCUT2D eigenvalue weighted by Crippen LogP contribution is -2.68. The Morgan fingerprint density at radius 2 is 2.08 bits per heavy atom. The van der Waals surface area contributed by atoms with Gasteiger partial charge in [0, 0.05) is 41.3 Å². The Labute approximate surface area is 143 Å². The number of benzene rings is 1. The Kier molecular flexibility index (Phi) is 3.21. The molecule has 1 aromatic carbocycles. The summed E-state index contributed by atoms with van der Waals surface area (Å²) in [5.74, 6) is 1.08. The van der Waals surface area contributed by atoms with Crippen molar-refractivity contribution in [3.05, 3.63) is 23.8 Å². The molecule has 3 aliphatic carbocycles.